The van der Waals surface area contributed by atoms with Gasteiger partial charge in [-0.05, 0) is 24.3 Å². The molecule has 208 valence electrons. The van der Waals surface area contributed by atoms with Crippen molar-refractivity contribution in [3.63, 3.8) is 0 Å². The highest BCUT2D eigenvalue weighted by Gasteiger charge is 2.46. The zero-order valence-corrected chi connectivity index (χ0v) is 22.1. The van der Waals surface area contributed by atoms with Gasteiger partial charge in [-0.2, -0.15) is 4.31 Å². The van der Waals surface area contributed by atoms with Gasteiger partial charge in [0, 0.05) is 16.8 Å². The first-order valence-corrected chi connectivity index (χ1v) is 14.3. The summed E-state index contributed by atoms with van der Waals surface area (Å²) in [6.45, 7) is 1.22. The third kappa shape index (κ3) is 6.61. The number of imidazole rings is 1. The summed E-state index contributed by atoms with van der Waals surface area (Å²) < 4.78 is 45.5. The molecule has 19 heteroatoms. The monoisotopic (exact) mass is 595 g/mol. The summed E-state index contributed by atoms with van der Waals surface area (Å²) in [5, 5.41) is 24.1. The number of benzene rings is 1. The molecule has 1 saturated heterocycles. The standard InChI is InChI=1S/C19H24ClN5O11P2/c1-10-13(8-34-38(31,32)36-37(28,29)30)35-18(15(10)26)25-9-24(14-16(25)22-19(21)23-17(14)27)6-7-33-12-4-2-11(20)3-5-12/h2-5,9-10,13,15,18,26H,6-8H2,1H3,(H5-,21,22,23,27,28,29,30,31,32)/t10-,13-,15-,18-/m1/s1. The number of halogens is 1. The fraction of sp³-hybridized carbons (Fsp3) is 0.421. The minimum atomic E-state index is -5.31. The third-order valence-electron chi connectivity index (χ3n) is 5.68. The molecule has 0 amide bonds. The zero-order chi connectivity index (χ0) is 27.8. The van der Waals surface area contributed by atoms with E-state index in [4.69, 9.17) is 36.6 Å². The first kappa shape index (κ1) is 28.6. The number of hydrogen-bond acceptors (Lipinski definition) is 11. The number of fused-ring (bicyclic) bond motifs is 1. The number of aliphatic hydroxyl groups is 1. The van der Waals surface area contributed by atoms with E-state index in [2.05, 4.69) is 18.8 Å². The Morgan fingerprint density at radius 1 is 1.24 bits per heavy atom. The Hall–Kier alpha value is -2.36. The molecule has 2 aromatic heterocycles. The van der Waals surface area contributed by atoms with E-state index in [0.717, 1.165) is 0 Å². The van der Waals surface area contributed by atoms with Crippen molar-refractivity contribution in [3.8, 4) is 11.6 Å². The Bertz CT molecular complexity index is 1400. The number of hydrogen-bond donors (Lipinski definition) is 5. The SMILES string of the molecule is C[C@H]1[C@@H](O)[C@H]([n+]2cn(CCOc3ccc(Cl)cc3)c3c([O-])nc(N)nc32)O[C@@H]1COP(=O)(O)OP(=O)(O)O. The molecule has 38 heavy (non-hydrogen) atoms. The predicted molar refractivity (Wildman–Crippen MR) is 127 cm³/mol. The Labute approximate surface area is 220 Å². The van der Waals surface area contributed by atoms with Gasteiger partial charge >= 0.3 is 21.3 Å². The normalized spacial score (nSPS) is 23.5. The number of aliphatic hydroxyl groups excluding tert-OH is 1. The average Bonchev–Trinajstić information content (AvgIpc) is 3.29. The molecule has 3 aromatic rings. The van der Waals surface area contributed by atoms with Gasteiger partial charge in [0.2, 0.25) is 6.23 Å². The molecule has 1 aromatic carbocycles. The van der Waals surface area contributed by atoms with Gasteiger partial charge < -0.3 is 40.1 Å². The van der Waals surface area contributed by atoms with Crippen LogP contribution >= 0.6 is 27.2 Å². The summed E-state index contributed by atoms with van der Waals surface area (Å²) in [5.41, 5.74) is 5.81. The quantitative estimate of drug-likeness (QED) is 0.156. The van der Waals surface area contributed by atoms with Crippen LogP contribution in [0, 0.1) is 5.92 Å². The van der Waals surface area contributed by atoms with Crippen molar-refractivity contribution in [1.29, 1.82) is 0 Å². The van der Waals surface area contributed by atoms with Gasteiger partial charge in [0.25, 0.3) is 5.95 Å². The molecule has 1 unspecified atom stereocenters. The Morgan fingerprint density at radius 2 is 1.92 bits per heavy atom. The van der Waals surface area contributed by atoms with E-state index in [1.807, 2.05) is 0 Å². The van der Waals surface area contributed by atoms with E-state index >= 15 is 0 Å². The fourth-order valence-corrected chi connectivity index (χ4v) is 5.62. The van der Waals surface area contributed by atoms with E-state index in [-0.39, 0.29) is 30.3 Å². The van der Waals surface area contributed by atoms with Crippen LogP contribution in [0.3, 0.4) is 0 Å². The van der Waals surface area contributed by atoms with Gasteiger partial charge in [0.15, 0.2) is 11.8 Å². The molecule has 0 aliphatic carbocycles. The molecular weight excluding hydrogens is 572 g/mol. The molecule has 5 atom stereocenters. The number of nitrogen functional groups attached to an aromatic ring is 1. The summed E-state index contributed by atoms with van der Waals surface area (Å²) in [6, 6.07) is 6.69. The molecule has 16 nitrogen and oxygen atoms in total. The lowest BCUT2D eigenvalue weighted by Gasteiger charge is -2.17. The van der Waals surface area contributed by atoms with E-state index in [1.54, 1.807) is 31.2 Å². The molecule has 0 radical (unpaired) electrons. The van der Waals surface area contributed by atoms with Crippen LogP contribution in [0.25, 0.3) is 11.2 Å². The largest absolute Gasteiger partial charge is 0.856 e. The van der Waals surface area contributed by atoms with E-state index < -0.39 is 52.5 Å². The number of phosphoric ester groups is 1. The Kier molecular flexibility index (Phi) is 8.31. The van der Waals surface area contributed by atoms with Crippen molar-refractivity contribution in [3.05, 3.63) is 35.6 Å². The molecule has 1 fully saturated rings. The van der Waals surface area contributed by atoms with Gasteiger partial charge in [0.05, 0.1) is 12.7 Å². The smallest absolute Gasteiger partial charge is 0.481 e. The molecule has 6 N–H and O–H groups in total. The number of ether oxygens (including phenoxy) is 2. The number of rotatable bonds is 10. The second kappa shape index (κ2) is 11.0. The van der Waals surface area contributed by atoms with Crippen LogP contribution < -0.4 is 20.1 Å². The van der Waals surface area contributed by atoms with Gasteiger partial charge in [-0.3, -0.25) is 9.09 Å². The minimum Gasteiger partial charge on any atom is -0.856 e. The first-order chi connectivity index (χ1) is 17.7. The van der Waals surface area contributed by atoms with Crippen LogP contribution in [0.4, 0.5) is 5.95 Å². The van der Waals surface area contributed by atoms with Crippen molar-refractivity contribution in [2.45, 2.75) is 31.9 Å². The van der Waals surface area contributed by atoms with Crippen molar-refractivity contribution in [1.82, 2.24) is 14.5 Å². The molecule has 0 saturated carbocycles. The van der Waals surface area contributed by atoms with Crippen molar-refractivity contribution in [2.75, 3.05) is 18.9 Å². The number of anilines is 1. The van der Waals surface area contributed by atoms with Crippen LogP contribution in [0.5, 0.6) is 11.6 Å². The molecule has 1 aliphatic heterocycles. The number of nitrogens with two attached hydrogens (primary N) is 1. The zero-order valence-electron chi connectivity index (χ0n) is 19.6. The first-order valence-electron chi connectivity index (χ1n) is 10.9. The fourth-order valence-electron chi connectivity index (χ4n) is 3.89. The molecule has 0 spiro atoms. The second-order valence-corrected chi connectivity index (χ2v) is 11.6. The van der Waals surface area contributed by atoms with Gasteiger partial charge in [-0.15, -0.1) is 0 Å². The molecule has 4 rings (SSSR count). The number of aromatic nitrogens is 4. The maximum absolute atomic E-state index is 12.7. The van der Waals surface area contributed by atoms with Crippen molar-refractivity contribution in [2.24, 2.45) is 5.92 Å². The third-order valence-corrected chi connectivity index (χ3v) is 8.08. The Morgan fingerprint density at radius 3 is 2.58 bits per heavy atom. The van der Waals surface area contributed by atoms with Gasteiger partial charge in [0.1, 0.15) is 25.0 Å². The molecule has 1 aliphatic rings. The second-order valence-electron chi connectivity index (χ2n) is 8.33. The highest BCUT2D eigenvalue weighted by Crippen LogP contribution is 2.57. The lowest BCUT2D eigenvalue weighted by molar-refractivity contribution is -0.746. The van der Waals surface area contributed by atoms with E-state index in [9.17, 15) is 24.2 Å². The van der Waals surface area contributed by atoms with Crippen LogP contribution in [0.2, 0.25) is 5.02 Å². The van der Waals surface area contributed by atoms with Crippen molar-refractivity contribution < 1.29 is 56.9 Å². The summed E-state index contributed by atoms with van der Waals surface area (Å²) in [4.78, 5) is 34.8. The van der Waals surface area contributed by atoms with Crippen LogP contribution in [0.15, 0.2) is 30.6 Å². The van der Waals surface area contributed by atoms with Crippen LogP contribution in [-0.2, 0) is 29.2 Å². The number of phosphoric acid groups is 2. The maximum Gasteiger partial charge on any atom is 0.481 e. The average molecular weight is 596 g/mol. The number of nitrogens with zero attached hydrogens (tertiary/aromatic N) is 4. The van der Waals surface area contributed by atoms with Gasteiger partial charge in [-0.1, -0.05) is 23.5 Å². The predicted octanol–water partition coefficient (Wildman–Crippen LogP) is 0.228. The molecule has 3 heterocycles. The van der Waals surface area contributed by atoms with Crippen LogP contribution in [-0.4, -0.2) is 59.7 Å². The summed E-state index contributed by atoms with van der Waals surface area (Å²) in [7, 11) is -10.4. The summed E-state index contributed by atoms with van der Waals surface area (Å²) >= 11 is 5.88. The Balaban J connectivity index is 1.55. The topological polar surface area (TPSA) is 236 Å². The van der Waals surface area contributed by atoms with E-state index in [0.29, 0.717) is 10.8 Å². The van der Waals surface area contributed by atoms with Crippen LogP contribution in [0.1, 0.15) is 13.2 Å². The maximum atomic E-state index is 12.7. The molecular formula is C19H24ClN5O11P2. The highest BCUT2D eigenvalue weighted by atomic mass is 35.5. The minimum absolute atomic E-state index is 0.0597. The lowest BCUT2D eigenvalue weighted by atomic mass is 10.0. The lowest BCUT2D eigenvalue weighted by Crippen LogP contribution is -2.45. The summed E-state index contributed by atoms with van der Waals surface area (Å²) in [6.07, 6.45) is -1.91. The summed E-state index contributed by atoms with van der Waals surface area (Å²) in [5.74, 6) is -1.12. The van der Waals surface area contributed by atoms with Crippen molar-refractivity contribution >= 4 is 44.4 Å². The highest BCUT2D eigenvalue weighted by molar-refractivity contribution is 7.60. The van der Waals surface area contributed by atoms with Gasteiger partial charge in [-0.25, -0.2) is 18.7 Å². The van der Waals surface area contributed by atoms with E-state index in [1.165, 1.54) is 15.5 Å². The molecule has 0 bridgehead atoms.